The third-order valence-electron chi connectivity index (χ3n) is 3.86. The summed E-state index contributed by atoms with van der Waals surface area (Å²) >= 11 is 5.99. The van der Waals surface area contributed by atoms with Crippen LogP contribution in [0.3, 0.4) is 0 Å². The van der Waals surface area contributed by atoms with E-state index in [0.29, 0.717) is 22.1 Å². The molecule has 6 nitrogen and oxygen atoms in total. The number of nitriles is 1. The Morgan fingerprint density at radius 3 is 2.52 bits per heavy atom. The zero-order chi connectivity index (χ0) is 20.6. The molecule has 0 aliphatic carbocycles. The predicted octanol–water partition coefficient (Wildman–Crippen LogP) is 4.38. The molecule has 0 aliphatic heterocycles. The molecular formula is C22H15ClN2O4. The van der Waals surface area contributed by atoms with Crippen LogP contribution in [0.4, 0.5) is 0 Å². The normalized spacial score (nSPS) is 10.8. The van der Waals surface area contributed by atoms with Gasteiger partial charge in [0.05, 0.1) is 23.4 Å². The Labute approximate surface area is 172 Å². The van der Waals surface area contributed by atoms with Gasteiger partial charge >= 0.3 is 5.97 Å². The summed E-state index contributed by atoms with van der Waals surface area (Å²) in [6, 6.07) is 18.3. The summed E-state index contributed by atoms with van der Waals surface area (Å²) in [5.74, 6) is -0.194. The minimum absolute atomic E-state index is 0.0580. The lowest BCUT2D eigenvalue weighted by molar-refractivity contribution is -0.117. The molecule has 3 rings (SSSR count). The van der Waals surface area contributed by atoms with Gasteiger partial charge in [0.15, 0.2) is 0 Å². The van der Waals surface area contributed by atoms with Crippen LogP contribution >= 0.6 is 11.6 Å². The molecule has 0 bridgehead atoms. The van der Waals surface area contributed by atoms with Crippen molar-refractivity contribution in [1.82, 2.24) is 5.32 Å². The second kappa shape index (κ2) is 9.40. The summed E-state index contributed by atoms with van der Waals surface area (Å²) in [6.07, 6.45) is 2.94. The highest BCUT2D eigenvalue weighted by molar-refractivity contribution is 6.33. The molecule has 0 unspecified atom stereocenters. The van der Waals surface area contributed by atoms with Crippen molar-refractivity contribution in [2.24, 2.45) is 0 Å². The number of carbonyl (C=O) groups excluding carboxylic acids is 2. The maximum Gasteiger partial charge on any atom is 0.345 e. The van der Waals surface area contributed by atoms with E-state index in [4.69, 9.17) is 20.8 Å². The molecule has 0 saturated carbocycles. The average Bonchev–Trinajstić information content (AvgIpc) is 3.25. The van der Waals surface area contributed by atoms with Gasteiger partial charge in [-0.2, -0.15) is 5.26 Å². The smallest absolute Gasteiger partial charge is 0.345 e. The van der Waals surface area contributed by atoms with Gasteiger partial charge in [0.2, 0.25) is 0 Å². The van der Waals surface area contributed by atoms with Gasteiger partial charge < -0.3 is 14.5 Å². The van der Waals surface area contributed by atoms with Crippen LogP contribution in [-0.4, -0.2) is 11.9 Å². The molecule has 1 aromatic heterocycles. The van der Waals surface area contributed by atoms with Crippen LogP contribution in [0.15, 0.2) is 76.9 Å². The number of rotatable bonds is 6. The number of furan rings is 1. The minimum Gasteiger partial charge on any atom is -0.467 e. The number of carbonyl (C=O) groups is 2. The molecule has 0 aliphatic rings. The van der Waals surface area contributed by atoms with Crippen molar-refractivity contribution < 1.29 is 18.7 Å². The van der Waals surface area contributed by atoms with E-state index in [1.165, 1.54) is 12.3 Å². The van der Waals surface area contributed by atoms with E-state index in [1.807, 2.05) is 6.07 Å². The van der Waals surface area contributed by atoms with Crippen LogP contribution in [0.1, 0.15) is 21.7 Å². The van der Waals surface area contributed by atoms with Crippen molar-refractivity contribution in [2.45, 2.75) is 6.54 Å². The molecule has 0 fully saturated rings. The Bertz CT molecular complexity index is 1080. The third kappa shape index (κ3) is 5.34. The fourth-order valence-corrected chi connectivity index (χ4v) is 2.62. The molecule has 3 aromatic rings. The first kappa shape index (κ1) is 19.9. The summed E-state index contributed by atoms with van der Waals surface area (Å²) in [5.41, 5.74) is 0.808. The molecule has 1 N–H and O–H groups in total. The zero-order valence-corrected chi connectivity index (χ0v) is 15.8. The van der Waals surface area contributed by atoms with Gasteiger partial charge in [-0.15, -0.1) is 0 Å². The van der Waals surface area contributed by atoms with Gasteiger partial charge in [0.25, 0.3) is 5.91 Å². The third-order valence-corrected chi connectivity index (χ3v) is 4.19. The van der Waals surface area contributed by atoms with Crippen LogP contribution < -0.4 is 10.1 Å². The standard InChI is InChI=1S/C22H15ClN2O4/c23-20-6-2-1-5-19(20)22(27)29-17-9-7-15(8-10-17)12-16(13-24)21(26)25-14-18-4-3-11-28-18/h1-12H,14H2,(H,25,26)/b16-12+. The van der Waals surface area contributed by atoms with E-state index < -0.39 is 11.9 Å². The zero-order valence-electron chi connectivity index (χ0n) is 15.1. The number of amides is 1. The van der Waals surface area contributed by atoms with Crippen molar-refractivity contribution in [1.29, 1.82) is 5.26 Å². The van der Waals surface area contributed by atoms with Crippen LogP contribution in [0.2, 0.25) is 5.02 Å². The maximum absolute atomic E-state index is 12.2. The Kier molecular flexibility index (Phi) is 6.46. The van der Waals surface area contributed by atoms with Crippen LogP contribution in [0.5, 0.6) is 5.75 Å². The number of halogens is 1. The number of nitrogens with one attached hydrogen (secondary N) is 1. The number of nitrogens with zero attached hydrogens (tertiary/aromatic N) is 1. The lowest BCUT2D eigenvalue weighted by Gasteiger charge is -2.06. The Morgan fingerprint density at radius 1 is 1.10 bits per heavy atom. The molecule has 0 radical (unpaired) electrons. The Morgan fingerprint density at radius 2 is 1.86 bits per heavy atom. The fourth-order valence-electron chi connectivity index (χ4n) is 2.41. The molecular weight excluding hydrogens is 392 g/mol. The highest BCUT2D eigenvalue weighted by Gasteiger charge is 2.13. The van der Waals surface area contributed by atoms with Gasteiger partial charge in [0.1, 0.15) is 23.2 Å². The second-order valence-corrected chi connectivity index (χ2v) is 6.28. The van der Waals surface area contributed by atoms with E-state index in [-0.39, 0.29) is 17.7 Å². The van der Waals surface area contributed by atoms with Crippen molar-refractivity contribution in [3.63, 3.8) is 0 Å². The van der Waals surface area contributed by atoms with Gasteiger partial charge in [0, 0.05) is 0 Å². The molecule has 0 atom stereocenters. The summed E-state index contributed by atoms with van der Waals surface area (Å²) in [7, 11) is 0. The van der Waals surface area contributed by atoms with Gasteiger partial charge in [-0.05, 0) is 48.0 Å². The van der Waals surface area contributed by atoms with Crippen molar-refractivity contribution >= 4 is 29.6 Å². The van der Waals surface area contributed by atoms with E-state index in [0.717, 1.165) is 0 Å². The van der Waals surface area contributed by atoms with E-state index in [2.05, 4.69) is 5.32 Å². The van der Waals surface area contributed by atoms with Crippen molar-refractivity contribution in [3.8, 4) is 11.8 Å². The Balaban J connectivity index is 1.65. The maximum atomic E-state index is 12.2. The SMILES string of the molecule is N#C/C(=C\c1ccc(OC(=O)c2ccccc2Cl)cc1)C(=O)NCc1ccco1. The van der Waals surface area contributed by atoms with Crippen LogP contribution in [0.25, 0.3) is 6.08 Å². The monoisotopic (exact) mass is 406 g/mol. The number of benzene rings is 2. The van der Waals surface area contributed by atoms with Crippen LogP contribution in [-0.2, 0) is 11.3 Å². The molecule has 7 heteroatoms. The fraction of sp³-hybridized carbons (Fsp3) is 0.0455. The summed E-state index contributed by atoms with van der Waals surface area (Å²) in [5, 5.41) is 12.2. The van der Waals surface area contributed by atoms with E-state index >= 15 is 0 Å². The van der Waals surface area contributed by atoms with Crippen molar-refractivity contribution in [2.75, 3.05) is 0 Å². The first-order chi connectivity index (χ1) is 14.1. The molecule has 29 heavy (non-hydrogen) atoms. The van der Waals surface area contributed by atoms with Crippen LogP contribution in [0, 0.1) is 11.3 Å². The molecule has 1 amide bonds. The lowest BCUT2D eigenvalue weighted by Crippen LogP contribution is -2.23. The lowest BCUT2D eigenvalue weighted by atomic mass is 10.1. The second-order valence-electron chi connectivity index (χ2n) is 5.87. The first-order valence-corrected chi connectivity index (χ1v) is 8.94. The average molecular weight is 407 g/mol. The Hall–Kier alpha value is -3.82. The first-order valence-electron chi connectivity index (χ1n) is 8.56. The number of ether oxygens (including phenoxy) is 1. The highest BCUT2D eigenvalue weighted by Crippen LogP contribution is 2.20. The predicted molar refractivity (Wildman–Crippen MR) is 107 cm³/mol. The summed E-state index contributed by atoms with van der Waals surface area (Å²) in [4.78, 5) is 24.3. The minimum atomic E-state index is -0.575. The summed E-state index contributed by atoms with van der Waals surface area (Å²) in [6.45, 7) is 0.182. The quantitative estimate of drug-likeness (QED) is 0.284. The van der Waals surface area contributed by atoms with Crippen molar-refractivity contribution in [3.05, 3.63) is 94.4 Å². The van der Waals surface area contributed by atoms with Gasteiger partial charge in [-0.25, -0.2) is 4.79 Å². The number of hydrogen-bond acceptors (Lipinski definition) is 5. The van der Waals surface area contributed by atoms with E-state index in [1.54, 1.807) is 60.7 Å². The molecule has 144 valence electrons. The van der Waals surface area contributed by atoms with Gasteiger partial charge in [-0.1, -0.05) is 35.9 Å². The topological polar surface area (TPSA) is 92.3 Å². The molecule has 0 spiro atoms. The van der Waals surface area contributed by atoms with Gasteiger partial charge in [-0.3, -0.25) is 4.79 Å². The molecule has 2 aromatic carbocycles. The molecule has 1 heterocycles. The summed E-state index contributed by atoms with van der Waals surface area (Å²) < 4.78 is 10.4. The number of hydrogen-bond donors (Lipinski definition) is 1. The molecule has 0 saturated heterocycles. The highest BCUT2D eigenvalue weighted by atomic mass is 35.5. The number of esters is 1. The largest absolute Gasteiger partial charge is 0.467 e. The van der Waals surface area contributed by atoms with E-state index in [9.17, 15) is 14.9 Å².